The van der Waals surface area contributed by atoms with E-state index < -0.39 is 86.4 Å². The molecule has 1 aromatic heterocycles. The van der Waals surface area contributed by atoms with Crippen molar-refractivity contribution in [1.29, 1.82) is 0 Å². The van der Waals surface area contributed by atoms with Crippen LogP contribution in [0, 0.1) is 0 Å². The van der Waals surface area contributed by atoms with Crippen molar-refractivity contribution in [3.8, 4) is 0 Å². The van der Waals surface area contributed by atoms with E-state index in [4.69, 9.17) is 5.73 Å². The fraction of sp³-hybridized carbons (Fsp3) is 0.556. The Hall–Kier alpha value is -3.73. The summed E-state index contributed by atoms with van der Waals surface area (Å²) < 4.78 is 12.2. The minimum Gasteiger partial charge on any atom is -0.346 e. The number of hydrogen-bond donors (Lipinski definition) is 8. The van der Waals surface area contributed by atoms with E-state index in [2.05, 4.69) is 36.9 Å². The summed E-state index contributed by atoms with van der Waals surface area (Å²) in [5.41, 5.74) is 4.73. The van der Waals surface area contributed by atoms with Gasteiger partial charge < -0.3 is 46.9 Å². The van der Waals surface area contributed by atoms with Crippen molar-refractivity contribution in [3.63, 3.8) is 0 Å². The molecular formula is C18H30N9O9P. The van der Waals surface area contributed by atoms with E-state index in [1.807, 2.05) is 0 Å². The molecule has 0 aliphatic heterocycles. The van der Waals surface area contributed by atoms with Crippen molar-refractivity contribution in [3.05, 3.63) is 6.20 Å². The molecule has 5 amide bonds. The first-order valence-corrected chi connectivity index (χ1v) is 12.4. The number of nitrogens with zero attached hydrogens (tertiary/aromatic N) is 3. The van der Waals surface area contributed by atoms with Gasteiger partial charge in [-0.3, -0.25) is 28.5 Å². The lowest BCUT2D eigenvalue weighted by molar-refractivity contribution is -0.133. The van der Waals surface area contributed by atoms with Gasteiger partial charge in [-0.1, -0.05) is 5.21 Å². The predicted molar refractivity (Wildman–Crippen MR) is 125 cm³/mol. The average Bonchev–Trinajstić information content (AvgIpc) is 3.29. The van der Waals surface area contributed by atoms with Crippen LogP contribution < -0.4 is 37.8 Å². The Bertz CT molecular complexity index is 1060. The highest BCUT2D eigenvalue weighted by atomic mass is 31.2. The summed E-state index contributed by atoms with van der Waals surface area (Å²) in [7, 11) is -4.73. The molecule has 0 spiro atoms. The largest absolute Gasteiger partial charge is 0.377 e. The van der Waals surface area contributed by atoms with E-state index in [9.17, 15) is 43.1 Å². The van der Waals surface area contributed by atoms with Crippen LogP contribution >= 0.6 is 7.60 Å². The number of carbonyl (C=O) groups is 6. The van der Waals surface area contributed by atoms with Gasteiger partial charge in [-0.2, -0.15) is 0 Å². The molecule has 1 rings (SSSR count). The number of amides is 5. The summed E-state index contributed by atoms with van der Waals surface area (Å²) in [6, 6.07) is -4.27. The van der Waals surface area contributed by atoms with Gasteiger partial charge in [0.1, 0.15) is 18.4 Å². The minimum atomic E-state index is -4.73. The van der Waals surface area contributed by atoms with Gasteiger partial charge in [0, 0.05) is 0 Å². The quantitative estimate of drug-likeness (QED) is 0.0799. The Labute approximate surface area is 210 Å². The number of rotatable bonds is 14. The van der Waals surface area contributed by atoms with Crippen molar-refractivity contribution in [2.45, 2.75) is 51.5 Å². The van der Waals surface area contributed by atoms with Crippen molar-refractivity contribution >= 4 is 48.9 Å². The Morgan fingerprint density at radius 1 is 1.00 bits per heavy atom. The molecule has 0 aromatic carbocycles. The molecule has 0 saturated carbocycles. The Kier molecular flexibility index (Phi) is 11.9. The first-order valence-electron chi connectivity index (χ1n) is 10.8. The smallest absolute Gasteiger partial charge is 0.346 e. The first kappa shape index (κ1) is 31.3. The minimum absolute atomic E-state index is 0.452. The maximum absolute atomic E-state index is 12.8. The molecule has 0 bridgehead atoms. The number of carbonyl (C=O) groups excluding carboxylic acids is 6. The van der Waals surface area contributed by atoms with E-state index in [0.717, 1.165) is 10.9 Å². The van der Waals surface area contributed by atoms with E-state index in [0.29, 0.717) is 6.29 Å². The summed E-state index contributed by atoms with van der Waals surface area (Å²) in [5.74, 6) is -3.75. The van der Waals surface area contributed by atoms with E-state index in [1.54, 1.807) is 0 Å². The standard InChI is InChI=1S/C18H30N9O9P/c1-9(8-28)22-13(29)4-21-17(32)11(3)23-18(33)12(24-14(30)5-20-16(31)10(2)19)6-27-7-15(25-26-27)37(34,35)36/h7-12H,4-6,19H2,1-3H3,(H,20,31)(H,21,32)(H,22,29)(H,23,33)(H,24,30)(H2,34,35,36)/t9-,10-,11-,12-/m0/s1. The van der Waals surface area contributed by atoms with Crippen LogP contribution in [-0.4, -0.2) is 97.9 Å². The monoisotopic (exact) mass is 547 g/mol. The van der Waals surface area contributed by atoms with Crippen LogP contribution in [0.25, 0.3) is 0 Å². The van der Waals surface area contributed by atoms with E-state index in [1.165, 1.54) is 20.8 Å². The number of nitrogens with two attached hydrogens (primary N) is 1. The molecule has 19 heteroatoms. The lowest BCUT2D eigenvalue weighted by Gasteiger charge is -2.21. The molecule has 1 heterocycles. The van der Waals surface area contributed by atoms with Crippen LogP contribution in [-0.2, 0) is 39.9 Å². The molecule has 206 valence electrons. The Morgan fingerprint density at radius 2 is 1.57 bits per heavy atom. The molecule has 0 aliphatic carbocycles. The van der Waals surface area contributed by atoms with Gasteiger partial charge in [0.2, 0.25) is 29.5 Å². The van der Waals surface area contributed by atoms with Gasteiger partial charge in [-0.15, -0.1) is 5.10 Å². The lowest BCUT2D eigenvalue weighted by atomic mass is 10.2. The number of aldehydes is 1. The third kappa shape index (κ3) is 11.2. The Morgan fingerprint density at radius 3 is 2.08 bits per heavy atom. The zero-order valence-electron chi connectivity index (χ0n) is 20.2. The van der Waals surface area contributed by atoms with Crippen molar-refractivity contribution < 1.29 is 43.1 Å². The summed E-state index contributed by atoms with van der Waals surface area (Å²) >= 11 is 0. The van der Waals surface area contributed by atoms with Crippen LogP contribution in [0.1, 0.15) is 20.8 Å². The number of aromatic nitrogens is 3. The zero-order chi connectivity index (χ0) is 28.3. The molecule has 4 atom stereocenters. The number of nitrogens with one attached hydrogen (secondary N) is 5. The van der Waals surface area contributed by atoms with Gasteiger partial charge in [0.15, 0.2) is 5.44 Å². The predicted octanol–water partition coefficient (Wildman–Crippen LogP) is -5.65. The van der Waals surface area contributed by atoms with Crippen molar-refractivity contribution in [2.75, 3.05) is 13.1 Å². The van der Waals surface area contributed by atoms with Gasteiger partial charge in [0.25, 0.3) is 0 Å². The molecule has 0 saturated heterocycles. The molecule has 1 aromatic rings. The second kappa shape index (κ2) is 14.1. The SMILES string of the molecule is C[C@H](N)C(=O)NCC(=O)N[C@@H](Cn1cc(P(=O)(O)O)nn1)C(=O)N[C@@H](C)C(=O)NCC(=O)N[C@@H](C)C=O. The summed E-state index contributed by atoms with van der Waals surface area (Å²) in [6.45, 7) is 2.66. The van der Waals surface area contributed by atoms with Gasteiger partial charge in [-0.05, 0) is 20.8 Å². The molecule has 0 radical (unpaired) electrons. The number of hydrogen-bond acceptors (Lipinski definition) is 10. The average molecular weight is 547 g/mol. The first-order chi connectivity index (χ1) is 17.1. The highest BCUT2D eigenvalue weighted by Crippen LogP contribution is 2.31. The maximum atomic E-state index is 12.8. The van der Waals surface area contributed by atoms with Gasteiger partial charge in [0.05, 0.1) is 37.9 Å². The summed E-state index contributed by atoms with van der Waals surface area (Å²) in [6.07, 6.45) is 1.37. The lowest BCUT2D eigenvalue weighted by Crippen LogP contribution is -2.56. The second-order valence-electron chi connectivity index (χ2n) is 7.91. The summed E-state index contributed by atoms with van der Waals surface area (Å²) in [4.78, 5) is 89.6. The van der Waals surface area contributed by atoms with E-state index >= 15 is 0 Å². The Balaban J connectivity index is 2.87. The molecular weight excluding hydrogens is 517 g/mol. The molecule has 0 fully saturated rings. The van der Waals surface area contributed by atoms with Crippen LogP contribution in [0.3, 0.4) is 0 Å². The van der Waals surface area contributed by atoms with Crippen LogP contribution in [0.15, 0.2) is 6.20 Å². The van der Waals surface area contributed by atoms with Crippen molar-refractivity contribution in [1.82, 2.24) is 41.6 Å². The van der Waals surface area contributed by atoms with Crippen LogP contribution in [0.4, 0.5) is 0 Å². The maximum Gasteiger partial charge on any atom is 0.377 e. The fourth-order valence-corrected chi connectivity index (χ4v) is 2.95. The normalized spacial score (nSPS) is 14.3. The molecule has 0 unspecified atom stereocenters. The highest BCUT2D eigenvalue weighted by molar-refractivity contribution is 7.59. The summed E-state index contributed by atoms with van der Waals surface area (Å²) in [5, 5.41) is 18.3. The van der Waals surface area contributed by atoms with Crippen molar-refractivity contribution in [2.24, 2.45) is 5.73 Å². The molecule has 0 aliphatic rings. The van der Waals surface area contributed by atoms with Crippen LogP contribution in [0.5, 0.6) is 0 Å². The highest BCUT2D eigenvalue weighted by Gasteiger charge is 2.28. The van der Waals surface area contributed by atoms with Crippen LogP contribution in [0.2, 0.25) is 0 Å². The zero-order valence-corrected chi connectivity index (χ0v) is 21.1. The van der Waals surface area contributed by atoms with Gasteiger partial charge in [-0.25, -0.2) is 4.68 Å². The van der Waals surface area contributed by atoms with Gasteiger partial charge >= 0.3 is 7.60 Å². The topological polar surface area (TPSA) is 277 Å². The van der Waals surface area contributed by atoms with E-state index in [-0.39, 0.29) is 0 Å². The molecule has 37 heavy (non-hydrogen) atoms. The fourth-order valence-electron chi connectivity index (χ4n) is 2.50. The molecule has 9 N–H and O–H groups in total. The third-order valence-electron chi connectivity index (χ3n) is 4.45. The second-order valence-corrected chi connectivity index (χ2v) is 9.46. The molecule has 18 nitrogen and oxygen atoms in total. The third-order valence-corrected chi connectivity index (χ3v) is 5.25.